The Morgan fingerprint density at radius 1 is 1.42 bits per heavy atom. The molecular formula is C13H12ClN3O2. The van der Waals surface area contributed by atoms with E-state index in [4.69, 9.17) is 11.6 Å². The topological polar surface area (TPSA) is 78.0 Å². The smallest absolute Gasteiger partial charge is 0.321 e. The standard InChI is InChI=1S/C13H12ClN3O2/c14-8-4-2-1-3-7(8)11-12-9(15-6-16-12)5-10(17-11)13(18)19/h1-4,6,10-11,17H,5H2,(H,15,16)(H,18,19). The molecule has 0 aliphatic carbocycles. The molecule has 3 N–H and O–H groups in total. The Bertz CT molecular complexity index is 626. The lowest BCUT2D eigenvalue weighted by molar-refractivity contribution is -0.139. The number of carbonyl (C=O) groups is 1. The number of imidazole rings is 1. The molecule has 0 saturated heterocycles. The molecule has 0 radical (unpaired) electrons. The highest BCUT2D eigenvalue weighted by molar-refractivity contribution is 6.31. The van der Waals surface area contributed by atoms with Gasteiger partial charge < -0.3 is 10.1 Å². The van der Waals surface area contributed by atoms with E-state index in [0.29, 0.717) is 11.4 Å². The number of carboxylic acids is 1. The molecule has 1 aromatic carbocycles. The number of halogens is 1. The van der Waals surface area contributed by atoms with E-state index in [-0.39, 0.29) is 6.04 Å². The van der Waals surface area contributed by atoms with Crippen LogP contribution in [0.25, 0.3) is 0 Å². The van der Waals surface area contributed by atoms with Gasteiger partial charge in [0.15, 0.2) is 0 Å². The largest absolute Gasteiger partial charge is 0.480 e. The molecule has 2 atom stereocenters. The number of benzene rings is 1. The van der Waals surface area contributed by atoms with Crippen LogP contribution in [0.2, 0.25) is 5.02 Å². The number of nitrogens with one attached hydrogen (secondary N) is 2. The molecule has 98 valence electrons. The van der Waals surface area contributed by atoms with Crippen LogP contribution in [-0.4, -0.2) is 27.1 Å². The molecule has 2 heterocycles. The van der Waals surface area contributed by atoms with Crippen LogP contribution in [0, 0.1) is 0 Å². The Morgan fingerprint density at radius 3 is 2.95 bits per heavy atom. The summed E-state index contributed by atoms with van der Waals surface area (Å²) in [6.45, 7) is 0. The Hall–Kier alpha value is -1.85. The Morgan fingerprint density at radius 2 is 2.21 bits per heavy atom. The number of H-pyrrole nitrogens is 1. The van der Waals surface area contributed by atoms with Gasteiger partial charge in [-0.25, -0.2) is 4.98 Å². The van der Waals surface area contributed by atoms with Crippen LogP contribution in [0.1, 0.15) is 23.0 Å². The van der Waals surface area contributed by atoms with Crippen molar-refractivity contribution in [3.8, 4) is 0 Å². The number of rotatable bonds is 2. The third-order valence-corrected chi connectivity index (χ3v) is 3.66. The molecule has 0 spiro atoms. The minimum atomic E-state index is -0.877. The highest BCUT2D eigenvalue weighted by Crippen LogP contribution is 2.32. The quantitative estimate of drug-likeness (QED) is 0.781. The molecule has 3 rings (SSSR count). The van der Waals surface area contributed by atoms with Crippen molar-refractivity contribution < 1.29 is 9.90 Å². The van der Waals surface area contributed by atoms with Crippen molar-refractivity contribution in [3.05, 3.63) is 52.6 Å². The molecule has 0 saturated carbocycles. The molecule has 1 aliphatic heterocycles. The molecular weight excluding hydrogens is 266 g/mol. The lowest BCUT2D eigenvalue weighted by atomic mass is 9.94. The zero-order chi connectivity index (χ0) is 13.4. The minimum Gasteiger partial charge on any atom is -0.480 e. The SMILES string of the molecule is O=C(O)C1Cc2[nH]cnc2C(c2ccccc2Cl)N1. The van der Waals surface area contributed by atoms with E-state index in [0.717, 1.165) is 17.0 Å². The van der Waals surface area contributed by atoms with Crippen molar-refractivity contribution in [3.63, 3.8) is 0 Å². The summed E-state index contributed by atoms with van der Waals surface area (Å²) in [5.74, 6) is -0.877. The van der Waals surface area contributed by atoms with Gasteiger partial charge in [0.1, 0.15) is 6.04 Å². The van der Waals surface area contributed by atoms with Gasteiger partial charge in [-0.15, -0.1) is 0 Å². The first-order valence-electron chi connectivity index (χ1n) is 5.92. The summed E-state index contributed by atoms with van der Waals surface area (Å²) in [4.78, 5) is 18.5. The highest BCUT2D eigenvalue weighted by atomic mass is 35.5. The normalized spacial score (nSPS) is 21.9. The number of carboxylic acid groups (broad SMARTS) is 1. The molecule has 19 heavy (non-hydrogen) atoms. The van der Waals surface area contributed by atoms with Crippen molar-refractivity contribution >= 4 is 17.6 Å². The van der Waals surface area contributed by atoms with Gasteiger partial charge in [0.05, 0.1) is 18.1 Å². The van der Waals surface area contributed by atoms with E-state index in [2.05, 4.69) is 15.3 Å². The lowest BCUT2D eigenvalue weighted by Gasteiger charge is -2.28. The van der Waals surface area contributed by atoms with E-state index >= 15 is 0 Å². The monoisotopic (exact) mass is 277 g/mol. The summed E-state index contributed by atoms with van der Waals surface area (Å²) in [5, 5.41) is 12.9. The molecule has 6 heteroatoms. The lowest BCUT2D eigenvalue weighted by Crippen LogP contribution is -2.45. The van der Waals surface area contributed by atoms with Crippen molar-refractivity contribution in [1.82, 2.24) is 15.3 Å². The zero-order valence-corrected chi connectivity index (χ0v) is 10.7. The maximum absolute atomic E-state index is 11.2. The van der Waals surface area contributed by atoms with E-state index in [1.807, 2.05) is 18.2 Å². The Labute approximate surface area is 114 Å². The molecule has 1 aromatic heterocycles. The zero-order valence-electron chi connectivity index (χ0n) is 9.93. The van der Waals surface area contributed by atoms with Crippen LogP contribution in [-0.2, 0) is 11.2 Å². The summed E-state index contributed by atoms with van der Waals surface area (Å²) >= 11 is 6.19. The second-order valence-corrected chi connectivity index (χ2v) is 4.89. The van der Waals surface area contributed by atoms with Gasteiger partial charge in [0, 0.05) is 17.1 Å². The number of hydrogen-bond donors (Lipinski definition) is 3. The van der Waals surface area contributed by atoms with Gasteiger partial charge >= 0.3 is 5.97 Å². The number of aromatic amines is 1. The van der Waals surface area contributed by atoms with Gasteiger partial charge in [-0.05, 0) is 11.6 Å². The fourth-order valence-corrected chi connectivity index (χ4v) is 2.64. The second kappa shape index (κ2) is 4.68. The van der Waals surface area contributed by atoms with Gasteiger partial charge in [0.25, 0.3) is 0 Å². The van der Waals surface area contributed by atoms with Crippen molar-refractivity contribution in [2.24, 2.45) is 0 Å². The molecule has 0 fully saturated rings. The van der Waals surface area contributed by atoms with Crippen molar-refractivity contribution in [2.45, 2.75) is 18.5 Å². The molecule has 1 aliphatic rings. The molecule has 0 amide bonds. The highest BCUT2D eigenvalue weighted by Gasteiger charge is 2.33. The van der Waals surface area contributed by atoms with E-state index in [9.17, 15) is 9.90 Å². The summed E-state index contributed by atoms with van der Waals surface area (Å²) < 4.78 is 0. The number of nitrogens with zero attached hydrogens (tertiary/aromatic N) is 1. The molecule has 0 bridgehead atoms. The predicted octanol–water partition coefficient (Wildman–Crippen LogP) is 1.75. The molecule has 2 unspecified atom stereocenters. The third-order valence-electron chi connectivity index (χ3n) is 3.32. The second-order valence-electron chi connectivity index (χ2n) is 4.48. The first kappa shape index (κ1) is 12.2. The minimum absolute atomic E-state index is 0.301. The predicted molar refractivity (Wildman–Crippen MR) is 70.1 cm³/mol. The first-order chi connectivity index (χ1) is 9.16. The van der Waals surface area contributed by atoms with Crippen LogP contribution >= 0.6 is 11.6 Å². The Kier molecular flexibility index (Phi) is 3.00. The fraction of sp³-hybridized carbons (Fsp3) is 0.231. The van der Waals surface area contributed by atoms with E-state index in [1.165, 1.54) is 0 Å². The number of hydrogen-bond acceptors (Lipinski definition) is 3. The summed E-state index contributed by atoms with van der Waals surface area (Å²) in [6, 6.07) is 6.44. The number of aliphatic carboxylic acids is 1. The summed E-state index contributed by atoms with van der Waals surface area (Å²) in [6.07, 6.45) is 1.98. The summed E-state index contributed by atoms with van der Waals surface area (Å²) in [7, 11) is 0. The average Bonchev–Trinajstić information content (AvgIpc) is 2.86. The Balaban J connectivity index is 2.06. The van der Waals surface area contributed by atoms with Crippen LogP contribution < -0.4 is 5.32 Å². The van der Waals surface area contributed by atoms with Crippen LogP contribution in [0.5, 0.6) is 0 Å². The van der Waals surface area contributed by atoms with Gasteiger partial charge in [-0.3, -0.25) is 10.1 Å². The van der Waals surface area contributed by atoms with Gasteiger partial charge in [-0.2, -0.15) is 0 Å². The van der Waals surface area contributed by atoms with Crippen LogP contribution in [0.3, 0.4) is 0 Å². The van der Waals surface area contributed by atoms with E-state index < -0.39 is 12.0 Å². The number of fused-ring (bicyclic) bond motifs is 1. The van der Waals surface area contributed by atoms with Gasteiger partial charge in [0.2, 0.25) is 0 Å². The molecule has 2 aromatic rings. The van der Waals surface area contributed by atoms with Crippen LogP contribution in [0.4, 0.5) is 0 Å². The third kappa shape index (κ3) is 2.11. The van der Waals surface area contributed by atoms with Crippen molar-refractivity contribution in [1.29, 1.82) is 0 Å². The van der Waals surface area contributed by atoms with Crippen molar-refractivity contribution in [2.75, 3.05) is 0 Å². The number of aromatic nitrogens is 2. The maximum Gasteiger partial charge on any atom is 0.321 e. The summed E-state index contributed by atoms with van der Waals surface area (Å²) in [5.41, 5.74) is 2.49. The van der Waals surface area contributed by atoms with Crippen LogP contribution in [0.15, 0.2) is 30.6 Å². The molecule has 5 nitrogen and oxygen atoms in total. The maximum atomic E-state index is 11.2. The first-order valence-corrected chi connectivity index (χ1v) is 6.30. The van der Waals surface area contributed by atoms with Gasteiger partial charge in [-0.1, -0.05) is 29.8 Å². The average molecular weight is 278 g/mol. The van der Waals surface area contributed by atoms with E-state index in [1.54, 1.807) is 12.4 Å². The fourth-order valence-electron chi connectivity index (χ4n) is 2.39.